The first-order valence-corrected chi connectivity index (χ1v) is 8.57. The van der Waals surface area contributed by atoms with Gasteiger partial charge in [-0.15, -0.1) is 24.5 Å². The fourth-order valence-electron chi connectivity index (χ4n) is 1.78. The van der Waals surface area contributed by atoms with Crippen LogP contribution in [0, 0.1) is 6.92 Å². The number of hydrogen-bond acceptors (Lipinski definition) is 5. The Kier molecular flexibility index (Phi) is 4.97. The summed E-state index contributed by atoms with van der Waals surface area (Å²) >= 11 is 1.37. The minimum absolute atomic E-state index is 0.115. The van der Waals surface area contributed by atoms with Gasteiger partial charge in [0.2, 0.25) is 10.0 Å². The van der Waals surface area contributed by atoms with E-state index in [9.17, 15) is 21.6 Å². The van der Waals surface area contributed by atoms with E-state index in [0.717, 1.165) is 38.5 Å². The van der Waals surface area contributed by atoms with Crippen molar-refractivity contribution in [2.45, 2.75) is 24.7 Å². The van der Waals surface area contributed by atoms with Crippen LogP contribution in [0.5, 0.6) is 5.75 Å². The summed E-state index contributed by atoms with van der Waals surface area (Å²) < 4.78 is 65.9. The largest absolute Gasteiger partial charge is 0.573 e. The summed E-state index contributed by atoms with van der Waals surface area (Å²) in [6.45, 7) is 1.94. The van der Waals surface area contributed by atoms with Crippen LogP contribution in [0.3, 0.4) is 0 Å². The van der Waals surface area contributed by atoms with Crippen LogP contribution >= 0.6 is 11.3 Å². The van der Waals surface area contributed by atoms with Gasteiger partial charge in [-0.2, -0.15) is 4.31 Å². The van der Waals surface area contributed by atoms with Gasteiger partial charge < -0.3 is 4.74 Å². The lowest BCUT2D eigenvalue weighted by atomic mass is 10.3. The first kappa shape index (κ1) is 17.7. The van der Waals surface area contributed by atoms with E-state index in [4.69, 9.17) is 0 Å². The van der Waals surface area contributed by atoms with Crippen molar-refractivity contribution in [3.63, 3.8) is 0 Å². The molecule has 0 amide bonds. The van der Waals surface area contributed by atoms with E-state index in [1.54, 1.807) is 6.20 Å². The number of rotatable bonds is 5. The Balaban J connectivity index is 2.15. The summed E-state index contributed by atoms with van der Waals surface area (Å²) in [5.41, 5.74) is 0. The first-order chi connectivity index (χ1) is 10.6. The van der Waals surface area contributed by atoms with Gasteiger partial charge >= 0.3 is 6.36 Å². The predicted molar refractivity (Wildman–Crippen MR) is 78.6 cm³/mol. The zero-order valence-corrected chi connectivity index (χ0v) is 13.8. The van der Waals surface area contributed by atoms with Crippen LogP contribution in [0.25, 0.3) is 0 Å². The predicted octanol–water partition coefficient (Wildman–Crippen LogP) is 3.17. The molecule has 0 radical (unpaired) electrons. The van der Waals surface area contributed by atoms with Crippen molar-refractivity contribution in [2.24, 2.45) is 0 Å². The van der Waals surface area contributed by atoms with Crippen LogP contribution in [-0.2, 0) is 16.6 Å². The van der Waals surface area contributed by atoms with Crippen LogP contribution in [0.15, 0.2) is 35.4 Å². The van der Waals surface area contributed by atoms with Crippen LogP contribution in [0.4, 0.5) is 13.2 Å². The summed E-state index contributed by atoms with van der Waals surface area (Å²) in [6, 6.07) is 4.08. The molecular weight excluding hydrogens is 353 g/mol. The number of thiazole rings is 1. The van der Waals surface area contributed by atoms with Gasteiger partial charge in [-0.1, -0.05) is 0 Å². The maximum atomic E-state index is 12.4. The van der Waals surface area contributed by atoms with Gasteiger partial charge in [0.05, 0.1) is 9.90 Å². The first-order valence-electron chi connectivity index (χ1n) is 6.31. The van der Waals surface area contributed by atoms with Crippen molar-refractivity contribution in [1.29, 1.82) is 0 Å². The van der Waals surface area contributed by atoms with E-state index in [0.29, 0.717) is 0 Å². The third-order valence-electron chi connectivity index (χ3n) is 2.81. The molecule has 0 aliphatic rings. The lowest BCUT2D eigenvalue weighted by Gasteiger charge is -2.16. The number of aryl methyl sites for hydroxylation is 1. The summed E-state index contributed by atoms with van der Waals surface area (Å²) in [6.07, 6.45) is -3.23. The van der Waals surface area contributed by atoms with E-state index in [1.807, 2.05) is 6.92 Å². The van der Waals surface area contributed by atoms with Crippen LogP contribution < -0.4 is 4.74 Å². The van der Waals surface area contributed by atoms with Gasteiger partial charge in [0.25, 0.3) is 0 Å². The van der Waals surface area contributed by atoms with E-state index < -0.39 is 22.1 Å². The summed E-state index contributed by atoms with van der Waals surface area (Å²) in [5, 5.41) is 0.819. The van der Waals surface area contributed by atoms with Crippen LogP contribution in [-0.4, -0.2) is 31.1 Å². The third-order valence-corrected chi connectivity index (χ3v) is 5.53. The van der Waals surface area contributed by atoms with Gasteiger partial charge in [-0.25, -0.2) is 13.4 Å². The third kappa shape index (κ3) is 4.66. The molecule has 0 spiro atoms. The lowest BCUT2D eigenvalue weighted by molar-refractivity contribution is -0.274. The van der Waals surface area contributed by atoms with Gasteiger partial charge in [0.1, 0.15) is 5.75 Å². The average molecular weight is 366 g/mol. The molecule has 1 aromatic heterocycles. The molecule has 0 atom stereocenters. The number of nitrogens with zero attached hydrogens (tertiary/aromatic N) is 2. The normalized spacial score (nSPS) is 12.6. The molecule has 2 aromatic rings. The molecule has 0 bridgehead atoms. The molecule has 1 aromatic carbocycles. The molecule has 5 nitrogen and oxygen atoms in total. The Morgan fingerprint density at radius 3 is 2.35 bits per heavy atom. The minimum atomic E-state index is -4.82. The number of benzene rings is 1. The fraction of sp³-hybridized carbons (Fsp3) is 0.308. The average Bonchev–Trinajstić information content (AvgIpc) is 2.83. The highest BCUT2D eigenvalue weighted by atomic mass is 32.2. The molecule has 126 valence electrons. The van der Waals surface area contributed by atoms with Crippen molar-refractivity contribution in [3.05, 3.63) is 40.3 Å². The number of aromatic nitrogens is 1. The summed E-state index contributed by atoms with van der Waals surface area (Å²) in [7, 11) is -2.42. The zero-order chi connectivity index (χ0) is 17.3. The number of sulfonamides is 1. The van der Waals surface area contributed by atoms with Gasteiger partial charge in [0.15, 0.2) is 0 Å². The number of hydrogen-bond donors (Lipinski definition) is 0. The molecule has 0 fully saturated rings. The van der Waals surface area contributed by atoms with Crippen molar-refractivity contribution >= 4 is 21.4 Å². The summed E-state index contributed by atoms with van der Waals surface area (Å²) in [4.78, 5) is 4.70. The second kappa shape index (κ2) is 6.46. The highest BCUT2D eigenvalue weighted by Gasteiger charge is 2.31. The van der Waals surface area contributed by atoms with Gasteiger partial charge in [-0.05, 0) is 31.2 Å². The molecular formula is C13H13F3N2O3S2. The highest BCUT2D eigenvalue weighted by molar-refractivity contribution is 7.89. The molecule has 0 N–H and O–H groups in total. The van der Waals surface area contributed by atoms with Gasteiger partial charge in [-0.3, -0.25) is 0 Å². The number of ether oxygens (including phenoxy) is 1. The summed E-state index contributed by atoms with van der Waals surface area (Å²) in [5.74, 6) is -0.475. The van der Waals surface area contributed by atoms with Crippen molar-refractivity contribution < 1.29 is 26.3 Å². The molecule has 0 saturated carbocycles. The lowest BCUT2D eigenvalue weighted by Crippen LogP contribution is -2.26. The second-order valence-electron chi connectivity index (χ2n) is 4.63. The molecule has 2 rings (SSSR count). The number of halogens is 3. The molecule has 0 unspecified atom stereocenters. The molecule has 0 aliphatic carbocycles. The maximum absolute atomic E-state index is 12.4. The topological polar surface area (TPSA) is 59.5 Å². The van der Waals surface area contributed by atoms with Crippen molar-refractivity contribution in [3.8, 4) is 5.75 Å². The Labute approximate surface area is 135 Å². The van der Waals surface area contributed by atoms with Crippen molar-refractivity contribution in [2.75, 3.05) is 7.05 Å². The molecule has 23 heavy (non-hydrogen) atoms. The molecule has 1 heterocycles. The molecule has 0 saturated heterocycles. The van der Waals surface area contributed by atoms with Crippen LogP contribution in [0.2, 0.25) is 0 Å². The second-order valence-corrected chi connectivity index (χ2v) is 7.99. The van der Waals surface area contributed by atoms with E-state index >= 15 is 0 Å². The minimum Gasteiger partial charge on any atom is -0.406 e. The zero-order valence-electron chi connectivity index (χ0n) is 12.2. The highest BCUT2D eigenvalue weighted by Crippen LogP contribution is 2.25. The Bertz CT molecular complexity index is 771. The molecule has 10 heteroatoms. The smallest absolute Gasteiger partial charge is 0.406 e. The van der Waals surface area contributed by atoms with E-state index in [2.05, 4.69) is 9.72 Å². The quantitative estimate of drug-likeness (QED) is 0.816. The van der Waals surface area contributed by atoms with E-state index in [1.165, 1.54) is 18.4 Å². The van der Waals surface area contributed by atoms with E-state index in [-0.39, 0.29) is 11.4 Å². The Morgan fingerprint density at radius 2 is 1.87 bits per heavy atom. The monoisotopic (exact) mass is 366 g/mol. The van der Waals surface area contributed by atoms with Crippen molar-refractivity contribution in [1.82, 2.24) is 9.29 Å². The maximum Gasteiger partial charge on any atom is 0.573 e. The number of alkyl halides is 3. The van der Waals surface area contributed by atoms with Crippen LogP contribution in [0.1, 0.15) is 9.88 Å². The Morgan fingerprint density at radius 1 is 1.26 bits per heavy atom. The SMILES string of the molecule is Cc1ncc(CN(C)S(=O)(=O)c2ccc(OC(F)(F)F)cc2)s1. The molecule has 0 aliphatic heterocycles. The van der Waals surface area contributed by atoms with Gasteiger partial charge in [0, 0.05) is 24.7 Å². The Hall–Kier alpha value is -1.65. The standard InChI is InChI=1S/C13H13F3N2O3S2/c1-9-17-7-11(22-9)8-18(2)23(19,20)12-5-3-10(4-6-12)21-13(14,15)16/h3-7H,8H2,1-2H3. The fourth-order valence-corrected chi connectivity index (χ4v) is 3.86.